The van der Waals surface area contributed by atoms with Crippen LogP contribution in [-0.2, 0) is 29.4 Å². The van der Waals surface area contributed by atoms with Crippen molar-refractivity contribution in [2.75, 3.05) is 34.5 Å². The van der Waals surface area contributed by atoms with Crippen LogP contribution in [0.4, 0.5) is 4.79 Å². The number of esters is 1. The summed E-state index contributed by atoms with van der Waals surface area (Å²) in [6, 6.07) is 7.96. The minimum absolute atomic E-state index is 0.0894. The largest absolute Gasteiger partial charge is 0.496 e. The zero-order valence-electron chi connectivity index (χ0n) is 27.1. The van der Waals surface area contributed by atoms with E-state index in [4.69, 9.17) is 18.9 Å². The van der Waals surface area contributed by atoms with Crippen LogP contribution in [0.1, 0.15) is 70.4 Å². The smallest absolute Gasteiger partial charge is 0.407 e. The van der Waals surface area contributed by atoms with Crippen molar-refractivity contribution in [3.8, 4) is 5.75 Å². The van der Waals surface area contributed by atoms with Crippen LogP contribution in [0.15, 0.2) is 49.6 Å². The third kappa shape index (κ3) is 8.00. The Morgan fingerprint density at radius 1 is 1.05 bits per heavy atom. The summed E-state index contributed by atoms with van der Waals surface area (Å²) in [5, 5.41) is 4.68. The van der Waals surface area contributed by atoms with Gasteiger partial charge in [0.2, 0.25) is 5.91 Å². The number of amides is 2. The monoisotopic (exact) mass is 608 g/mol. The number of rotatable bonds is 14. The fraction of sp³-hybridized carbons (Fsp3) is 0.514. The van der Waals surface area contributed by atoms with Crippen LogP contribution < -0.4 is 10.1 Å². The molecule has 0 saturated carbocycles. The maximum Gasteiger partial charge on any atom is 0.407 e. The van der Waals surface area contributed by atoms with E-state index in [1.165, 1.54) is 12.0 Å². The Kier molecular flexibility index (Phi) is 12.0. The number of nitrogens with zero attached hydrogens (tertiary/aromatic N) is 1. The molecule has 3 rings (SSSR count). The second-order valence-electron chi connectivity index (χ2n) is 12.3. The molecule has 0 spiro atoms. The molecule has 44 heavy (non-hydrogen) atoms. The number of carbonyl (C=O) groups excluding carboxylic acids is 3. The second kappa shape index (κ2) is 15.2. The fourth-order valence-electron chi connectivity index (χ4n) is 5.72. The number of methoxy groups -OCH3 is 3. The van der Waals surface area contributed by atoms with Crippen LogP contribution in [0.25, 0.3) is 16.8 Å². The minimum Gasteiger partial charge on any atom is -0.496 e. The van der Waals surface area contributed by atoms with Gasteiger partial charge in [0.15, 0.2) is 0 Å². The first-order valence-electron chi connectivity index (χ1n) is 15.2. The van der Waals surface area contributed by atoms with E-state index >= 15 is 0 Å². The van der Waals surface area contributed by atoms with Crippen molar-refractivity contribution in [3.05, 3.63) is 60.7 Å². The lowest BCUT2D eigenvalue weighted by Crippen LogP contribution is -2.57. The lowest BCUT2D eigenvalue weighted by atomic mass is 9.85. The number of allylic oxidation sites excluding steroid dienone is 1. The second-order valence-corrected chi connectivity index (χ2v) is 12.3. The molecule has 2 amide bonds. The standard InChI is InChI=1S/C35H48N2O7/c1-9-11-12-13-14-15-18-44-33(40)36-30(34(3,4)5)31(38)37-23-35(43-8,22-28(37)32(39)42-7)27-17-16-25-21-29(41-6)24(10-2)19-26(25)20-27/h9-10,16-17,19-21,28,30H,1-2,11-15,18,22-23H2,3-8H3,(H,36,40)/t28-,30?,35-/m0/s1. The van der Waals surface area contributed by atoms with Crippen molar-refractivity contribution in [2.45, 2.75) is 77.0 Å². The van der Waals surface area contributed by atoms with Gasteiger partial charge in [-0.15, -0.1) is 6.58 Å². The first kappa shape index (κ1) is 34.6. The molecule has 240 valence electrons. The summed E-state index contributed by atoms with van der Waals surface area (Å²) >= 11 is 0. The number of fused-ring (bicyclic) bond motifs is 1. The molecule has 3 atom stereocenters. The first-order valence-corrected chi connectivity index (χ1v) is 15.2. The van der Waals surface area contributed by atoms with Gasteiger partial charge >= 0.3 is 12.1 Å². The lowest BCUT2D eigenvalue weighted by molar-refractivity contribution is -0.152. The number of hydrogen-bond donors (Lipinski definition) is 1. The van der Waals surface area contributed by atoms with Crippen LogP contribution in [0.5, 0.6) is 5.75 Å². The van der Waals surface area contributed by atoms with E-state index in [-0.39, 0.29) is 19.6 Å². The molecule has 1 N–H and O–H groups in total. The van der Waals surface area contributed by atoms with Crippen LogP contribution in [0.2, 0.25) is 0 Å². The van der Waals surface area contributed by atoms with E-state index in [1.54, 1.807) is 20.3 Å². The number of likely N-dealkylation sites (tertiary alicyclic amines) is 1. The predicted molar refractivity (Wildman–Crippen MR) is 172 cm³/mol. The van der Waals surface area contributed by atoms with Gasteiger partial charge in [0.05, 0.1) is 27.4 Å². The number of carbonyl (C=O) groups is 3. The number of nitrogens with one attached hydrogen (secondary N) is 1. The molecule has 0 aromatic heterocycles. The summed E-state index contributed by atoms with van der Waals surface area (Å²) in [7, 11) is 4.49. The molecule has 2 aromatic carbocycles. The van der Waals surface area contributed by atoms with Gasteiger partial charge in [-0.1, -0.05) is 64.5 Å². The van der Waals surface area contributed by atoms with Gasteiger partial charge in [-0.05, 0) is 59.2 Å². The van der Waals surface area contributed by atoms with Crippen molar-refractivity contribution in [3.63, 3.8) is 0 Å². The summed E-state index contributed by atoms with van der Waals surface area (Å²) in [6.07, 6.45) is 7.88. The SMILES string of the molecule is C=CCCCCCCOC(=O)NC(C(=O)N1C[C@](OC)(c2ccc3cc(OC)c(C=C)cc3c2)C[C@H]1C(=O)OC)C(C)(C)C. The Morgan fingerprint density at radius 2 is 1.77 bits per heavy atom. The Morgan fingerprint density at radius 3 is 2.39 bits per heavy atom. The van der Waals surface area contributed by atoms with Crippen LogP contribution in [0, 0.1) is 5.41 Å². The van der Waals surface area contributed by atoms with Gasteiger partial charge in [0.1, 0.15) is 23.4 Å². The molecule has 1 saturated heterocycles. The zero-order chi connectivity index (χ0) is 32.5. The highest BCUT2D eigenvalue weighted by Crippen LogP contribution is 2.42. The highest BCUT2D eigenvalue weighted by atomic mass is 16.5. The molecule has 1 unspecified atom stereocenters. The Balaban J connectivity index is 1.87. The van der Waals surface area contributed by atoms with Crippen molar-refractivity contribution in [1.82, 2.24) is 10.2 Å². The molecule has 0 aliphatic carbocycles. The number of benzene rings is 2. The third-order valence-corrected chi connectivity index (χ3v) is 8.32. The average molecular weight is 609 g/mol. The normalized spacial score (nSPS) is 18.9. The highest BCUT2D eigenvalue weighted by Gasteiger charge is 2.53. The summed E-state index contributed by atoms with van der Waals surface area (Å²) in [5.74, 6) is -0.246. The fourth-order valence-corrected chi connectivity index (χ4v) is 5.72. The molecule has 0 bridgehead atoms. The van der Waals surface area contributed by atoms with Crippen LogP contribution >= 0.6 is 0 Å². The van der Waals surface area contributed by atoms with Gasteiger partial charge in [0.25, 0.3) is 0 Å². The minimum atomic E-state index is -0.995. The molecule has 2 aromatic rings. The Hall–Kier alpha value is -3.85. The Labute approximate surface area is 261 Å². The molecular formula is C35H48N2O7. The maximum absolute atomic E-state index is 14.2. The predicted octanol–water partition coefficient (Wildman–Crippen LogP) is 6.38. The van der Waals surface area contributed by atoms with Crippen LogP contribution in [0.3, 0.4) is 0 Å². The lowest BCUT2D eigenvalue weighted by Gasteiger charge is -2.35. The molecular weight excluding hydrogens is 560 g/mol. The molecule has 0 radical (unpaired) electrons. The number of hydrogen-bond acceptors (Lipinski definition) is 7. The third-order valence-electron chi connectivity index (χ3n) is 8.32. The Bertz CT molecular complexity index is 1350. The van der Waals surface area contributed by atoms with Crippen molar-refractivity contribution >= 4 is 34.8 Å². The van der Waals surface area contributed by atoms with E-state index in [2.05, 4.69) is 18.5 Å². The van der Waals surface area contributed by atoms with Gasteiger partial charge in [-0.3, -0.25) is 4.79 Å². The van der Waals surface area contributed by atoms with Crippen molar-refractivity contribution in [2.24, 2.45) is 5.41 Å². The zero-order valence-corrected chi connectivity index (χ0v) is 27.1. The van der Waals surface area contributed by atoms with Crippen molar-refractivity contribution in [1.29, 1.82) is 0 Å². The van der Waals surface area contributed by atoms with Gasteiger partial charge < -0.3 is 29.2 Å². The number of alkyl carbamates (subject to hydrolysis) is 1. The van der Waals surface area contributed by atoms with E-state index < -0.39 is 41.1 Å². The molecule has 1 aliphatic rings. The van der Waals surface area contributed by atoms with E-state index in [0.29, 0.717) is 5.75 Å². The number of unbranched alkanes of at least 4 members (excludes halogenated alkanes) is 4. The van der Waals surface area contributed by atoms with Gasteiger partial charge in [-0.25, -0.2) is 9.59 Å². The van der Waals surface area contributed by atoms with E-state index in [9.17, 15) is 14.4 Å². The number of ether oxygens (including phenoxy) is 4. The van der Waals surface area contributed by atoms with Gasteiger partial charge in [-0.2, -0.15) is 0 Å². The summed E-state index contributed by atoms with van der Waals surface area (Å²) in [6.45, 7) is 13.5. The molecule has 9 nitrogen and oxygen atoms in total. The summed E-state index contributed by atoms with van der Waals surface area (Å²) in [4.78, 5) is 41.6. The average Bonchev–Trinajstić information content (AvgIpc) is 3.42. The summed E-state index contributed by atoms with van der Waals surface area (Å²) < 4.78 is 22.2. The molecule has 1 heterocycles. The van der Waals surface area contributed by atoms with E-state index in [0.717, 1.165) is 54.0 Å². The topological polar surface area (TPSA) is 103 Å². The maximum atomic E-state index is 14.2. The highest BCUT2D eigenvalue weighted by molar-refractivity contribution is 5.92. The summed E-state index contributed by atoms with van der Waals surface area (Å²) in [5.41, 5.74) is -0.0170. The van der Waals surface area contributed by atoms with Crippen LogP contribution in [-0.4, -0.2) is 69.4 Å². The molecule has 1 aliphatic heterocycles. The molecule has 1 fully saturated rings. The van der Waals surface area contributed by atoms with E-state index in [1.807, 2.05) is 57.2 Å². The first-order chi connectivity index (χ1) is 20.9. The quantitative estimate of drug-likeness (QED) is 0.151. The van der Waals surface area contributed by atoms with Gasteiger partial charge in [0, 0.05) is 19.1 Å². The van der Waals surface area contributed by atoms with Crippen molar-refractivity contribution < 1.29 is 33.3 Å². The molecule has 9 heteroatoms.